The average molecular weight is 388 g/mol. The second kappa shape index (κ2) is 7.29. The highest BCUT2D eigenvalue weighted by Gasteiger charge is 2.19. The Hall–Kier alpha value is -3.04. The van der Waals surface area contributed by atoms with Crippen molar-refractivity contribution in [2.75, 3.05) is 0 Å². The smallest absolute Gasteiger partial charge is 0.266 e. The second-order valence-corrected chi connectivity index (χ2v) is 7.60. The molecule has 0 unspecified atom stereocenters. The lowest BCUT2D eigenvalue weighted by molar-refractivity contribution is 0.0945. The van der Waals surface area contributed by atoms with Crippen LogP contribution in [0.5, 0.6) is 0 Å². The fourth-order valence-electron chi connectivity index (χ4n) is 2.49. The van der Waals surface area contributed by atoms with Crippen LogP contribution in [0.3, 0.4) is 0 Å². The van der Waals surface area contributed by atoms with Crippen LogP contribution in [0.15, 0.2) is 59.6 Å². The van der Waals surface area contributed by atoms with Gasteiger partial charge in [-0.15, -0.1) is 4.83 Å². The molecule has 3 aromatic rings. The van der Waals surface area contributed by atoms with E-state index >= 15 is 0 Å². The van der Waals surface area contributed by atoms with Crippen LogP contribution in [0.1, 0.15) is 21.6 Å². The van der Waals surface area contributed by atoms with Gasteiger partial charge >= 0.3 is 0 Å². The van der Waals surface area contributed by atoms with Crippen molar-refractivity contribution in [3.8, 4) is 5.69 Å². The van der Waals surface area contributed by atoms with Gasteiger partial charge in [0.25, 0.3) is 15.9 Å². The minimum absolute atomic E-state index is 0.231. The number of sulfonamides is 1. The summed E-state index contributed by atoms with van der Waals surface area (Å²) in [5, 5.41) is 4.29. The van der Waals surface area contributed by atoms with Gasteiger partial charge in [0.15, 0.2) is 0 Å². The monoisotopic (exact) mass is 388 g/mol. The molecule has 0 saturated heterocycles. The van der Waals surface area contributed by atoms with Crippen molar-refractivity contribution in [1.29, 1.82) is 0 Å². The third kappa shape index (κ3) is 4.21. The summed E-state index contributed by atoms with van der Waals surface area (Å²) in [6.45, 7) is 3.65. The Kier molecular flexibility index (Phi) is 5.06. The topological polar surface area (TPSA) is 93.1 Å². The number of carbonyl (C=O) groups excluding carboxylic acids is 1. The number of rotatable bonds is 5. The first-order valence-corrected chi connectivity index (χ1v) is 9.45. The summed E-state index contributed by atoms with van der Waals surface area (Å²) in [5.41, 5.74) is 4.61. The van der Waals surface area contributed by atoms with Gasteiger partial charge in [0.05, 0.1) is 11.4 Å². The number of carbonyl (C=O) groups is 1. The third-order valence-electron chi connectivity index (χ3n) is 3.74. The summed E-state index contributed by atoms with van der Waals surface area (Å²) in [6.07, 6.45) is 1.76. The zero-order chi connectivity index (χ0) is 19.6. The van der Waals surface area contributed by atoms with Crippen molar-refractivity contribution in [2.24, 2.45) is 0 Å². The predicted molar refractivity (Wildman–Crippen MR) is 97.2 cm³/mol. The molecule has 0 aliphatic carbocycles. The summed E-state index contributed by atoms with van der Waals surface area (Å²) in [7, 11) is -4.24. The van der Waals surface area contributed by atoms with Crippen LogP contribution >= 0.6 is 0 Å². The van der Waals surface area contributed by atoms with Crippen molar-refractivity contribution in [1.82, 2.24) is 20.0 Å². The highest BCUT2D eigenvalue weighted by molar-refractivity contribution is 7.89. The molecule has 1 amide bonds. The summed E-state index contributed by atoms with van der Waals surface area (Å²) >= 11 is 0. The molecule has 0 aliphatic heterocycles. The zero-order valence-electron chi connectivity index (χ0n) is 14.6. The van der Waals surface area contributed by atoms with E-state index in [0.29, 0.717) is 5.69 Å². The van der Waals surface area contributed by atoms with Crippen LogP contribution in [-0.4, -0.2) is 24.1 Å². The molecular formula is C18H17FN4O3S. The molecule has 1 heterocycles. The molecular weight excluding hydrogens is 371 g/mol. The maximum atomic E-state index is 13.7. The van der Waals surface area contributed by atoms with E-state index in [2.05, 4.69) is 10.5 Å². The van der Waals surface area contributed by atoms with E-state index in [1.165, 1.54) is 12.1 Å². The standard InChI is InChI=1S/C18H17FN4O3S/c1-12-9-14(11-15(10-12)23-8-7-13(2)21-23)18(24)20-22-27(25,26)17-6-4-3-5-16(17)19/h3-11,22H,1-2H3,(H,20,24). The van der Waals surface area contributed by atoms with Gasteiger partial charge in [-0.05, 0) is 55.8 Å². The maximum absolute atomic E-state index is 13.7. The zero-order valence-corrected chi connectivity index (χ0v) is 15.4. The number of hydrazine groups is 1. The van der Waals surface area contributed by atoms with E-state index in [9.17, 15) is 17.6 Å². The van der Waals surface area contributed by atoms with Gasteiger partial charge in [0, 0.05) is 11.8 Å². The number of hydrogen-bond donors (Lipinski definition) is 2. The van der Waals surface area contributed by atoms with Crippen molar-refractivity contribution < 1.29 is 17.6 Å². The molecule has 7 nitrogen and oxygen atoms in total. The van der Waals surface area contributed by atoms with E-state index in [4.69, 9.17) is 0 Å². The van der Waals surface area contributed by atoms with Crippen LogP contribution < -0.4 is 10.3 Å². The van der Waals surface area contributed by atoms with Crippen molar-refractivity contribution in [3.63, 3.8) is 0 Å². The first kappa shape index (κ1) is 18.7. The molecule has 0 bridgehead atoms. The fraction of sp³-hybridized carbons (Fsp3) is 0.111. The van der Waals surface area contributed by atoms with Crippen LogP contribution in [-0.2, 0) is 10.0 Å². The Balaban J connectivity index is 1.81. The normalized spacial score (nSPS) is 11.4. The molecule has 2 aromatic carbocycles. The highest BCUT2D eigenvalue weighted by Crippen LogP contribution is 2.15. The first-order chi connectivity index (χ1) is 12.8. The summed E-state index contributed by atoms with van der Waals surface area (Å²) in [6, 6.07) is 11.7. The third-order valence-corrected chi connectivity index (χ3v) is 5.02. The number of nitrogens with zero attached hydrogens (tertiary/aromatic N) is 2. The summed E-state index contributed by atoms with van der Waals surface area (Å²) in [5.74, 6) is -1.59. The van der Waals surface area contributed by atoms with E-state index in [-0.39, 0.29) is 5.56 Å². The summed E-state index contributed by atoms with van der Waals surface area (Å²) in [4.78, 5) is 13.7. The molecule has 0 fully saturated rings. The fourth-order valence-corrected chi connectivity index (χ4v) is 3.41. The largest absolute Gasteiger partial charge is 0.273 e. The van der Waals surface area contributed by atoms with E-state index < -0.39 is 26.6 Å². The highest BCUT2D eigenvalue weighted by atomic mass is 32.2. The van der Waals surface area contributed by atoms with Crippen LogP contribution in [0.25, 0.3) is 5.69 Å². The molecule has 3 rings (SSSR count). The van der Waals surface area contributed by atoms with Gasteiger partial charge in [-0.3, -0.25) is 10.2 Å². The molecule has 0 atom stereocenters. The minimum atomic E-state index is -4.24. The Bertz CT molecular complexity index is 1110. The van der Waals surface area contributed by atoms with Gasteiger partial charge in [0.2, 0.25) is 0 Å². The first-order valence-electron chi connectivity index (χ1n) is 7.97. The molecule has 0 radical (unpaired) electrons. The van der Waals surface area contributed by atoms with E-state index in [1.54, 1.807) is 29.9 Å². The van der Waals surface area contributed by atoms with Gasteiger partial charge < -0.3 is 0 Å². The molecule has 0 saturated carbocycles. The molecule has 1 aromatic heterocycles. The molecule has 140 valence electrons. The van der Waals surface area contributed by atoms with Crippen LogP contribution in [0, 0.1) is 19.7 Å². The van der Waals surface area contributed by atoms with Gasteiger partial charge in [0.1, 0.15) is 10.7 Å². The Morgan fingerprint density at radius 1 is 1.11 bits per heavy atom. The number of amides is 1. The van der Waals surface area contributed by atoms with E-state index in [1.807, 2.05) is 23.9 Å². The number of halogens is 1. The number of hydrogen-bond acceptors (Lipinski definition) is 4. The number of nitrogens with one attached hydrogen (secondary N) is 2. The molecule has 27 heavy (non-hydrogen) atoms. The number of benzene rings is 2. The van der Waals surface area contributed by atoms with Gasteiger partial charge in [-0.1, -0.05) is 12.1 Å². The second-order valence-electron chi connectivity index (χ2n) is 5.95. The maximum Gasteiger partial charge on any atom is 0.266 e. The molecule has 0 spiro atoms. The molecule has 2 N–H and O–H groups in total. The number of aryl methyl sites for hydroxylation is 2. The van der Waals surface area contributed by atoms with Crippen molar-refractivity contribution in [3.05, 3.63) is 77.4 Å². The van der Waals surface area contributed by atoms with Gasteiger partial charge in [-0.25, -0.2) is 17.5 Å². The lowest BCUT2D eigenvalue weighted by atomic mass is 10.1. The van der Waals surface area contributed by atoms with Crippen molar-refractivity contribution in [2.45, 2.75) is 18.7 Å². The van der Waals surface area contributed by atoms with Crippen LogP contribution in [0.4, 0.5) is 4.39 Å². The minimum Gasteiger partial charge on any atom is -0.273 e. The quantitative estimate of drug-likeness (QED) is 0.656. The molecule has 9 heteroatoms. The van der Waals surface area contributed by atoms with Gasteiger partial charge in [-0.2, -0.15) is 5.10 Å². The summed E-state index contributed by atoms with van der Waals surface area (Å²) < 4.78 is 39.6. The SMILES string of the molecule is Cc1cc(C(=O)NNS(=O)(=O)c2ccccc2F)cc(-n2ccc(C)n2)c1. The predicted octanol–water partition coefficient (Wildman–Crippen LogP) is 2.25. The average Bonchev–Trinajstić information content (AvgIpc) is 3.06. The Labute approximate surface area is 155 Å². The lowest BCUT2D eigenvalue weighted by Gasteiger charge is -2.11. The number of aromatic nitrogens is 2. The molecule has 0 aliphatic rings. The van der Waals surface area contributed by atoms with Crippen molar-refractivity contribution >= 4 is 15.9 Å². The lowest BCUT2D eigenvalue weighted by Crippen LogP contribution is -2.41. The van der Waals surface area contributed by atoms with E-state index in [0.717, 1.165) is 23.4 Å². The Morgan fingerprint density at radius 3 is 2.52 bits per heavy atom. The Morgan fingerprint density at radius 2 is 1.85 bits per heavy atom. The van der Waals surface area contributed by atoms with Crippen LogP contribution in [0.2, 0.25) is 0 Å².